The van der Waals surface area contributed by atoms with Gasteiger partial charge in [-0.3, -0.25) is 9.58 Å². The van der Waals surface area contributed by atoms with E-state index < -0.39 is 12.1 Å². The molecule has 192 valence electrons. The van der Waals surface area contributed by atoms with Crippen LogP contribution in [0.3, 0.4) is 0 Å². The molecule has 0 bridgehead atoms. The van der Waals surface area contributed by atoms with Gasteiger partial charge in [0.25, 0.3) is 0 Å². The molecule has 0 amide bonds. The number of likely N-dealkylation sites (N-methyl/N-ethyl adjacent to an activating group) is 1. The van der Waals surface area contributed by atoms with Gasteiger partial charge in [0.05, 0.1) is 5.69 Å². The van der Waals surface area contributed by atoms with Crippen LogP contribution in [0.4, 0.5) is 19.0 Å². The Labute approximate surface area is 204 Å². The summed E-state index contributed by atoms with van der Waals surface area (Å²) in [6.07, 6.45) is -0.0138. The van der Waals surface area contributed by atoms with Gasteiger partial charge in [-0.25, -0.2) is 4.98 Å². The molecule has 3 fully saturated rings. The third-order valence-electron chi connectivity index (χ3n) is 8.31. The van der Waals surface area contributed by atoms with Crippen LogP contribution in [0.5, 0.6) is 5.75 Å². The van der Waals surface area contributed by atoms with E-state index in [1.165, 1.54) is 30.8 Å². The summed E-state index contributed by atoms with van der Waals surface area (Å²) in [5.41, 5.74) is 7.89. The fourth-order valence-corrected chi connectivity index (χ4v) is 6.12. The zero-order valence-electron chi connectivity index (χ0n) is 20.6. The van der Waals surface area contributed by atoms with Gasteiger partial charge in [-0.05, 0) is 56.7 Å². The van der Waals surface area contributed by atoms with Crippen LogP contribution >= 0.6 is 0 Å². The number of nitrogens with zero attached hydrogens (tertiary/aromatic N) is 5. The maximum absolute atomic E-state index is 12.8. The van der Waals surface area contributed by atoms with Crippen molar-refractivity contribution in [1.29, 1.82) is 0 Å². The molecule has 10 heteroatoms. The molecule has 5 atom stereocenters. The van der Waals surface area contributed by atoms with Crippen molar-refractivity contribution < 1.29 is 17.9 Å². The number of piperazine rings is 1. The third-order valence-corrected chi connectivity index (χ3v) is 8.31. The number of halogens is 3. The Bertz CT molecular complexity index is 1040. The Morgan fingerprint density at radius 1 is 1.11 bits per heavy atom. The lowest BCUT2D eigenvalue weighted by molar-refractivity contribution is -0.274. The highest BCUT2D eigenvalue weighted by atomic mass is 19.4. The van der Waals surface area contributed by atoms with Gasteiger partial charge in [-0.15, -0.1) is 13.2 Å². The van der Waals surface area contributed by atoms with E-state index in [1.54, 1.807) is 0 Å². The van der Waals surface area contributed by atoms with Gasteiger partial charge < -0.3 is 15.4 Å². The van der Waals surface area contributed by atoms with Crippen LogP contribution in [-0.2, 0) is 0 Å². The van der Waals surface area contributed by atoms with Crippen molar-refractivity contribution in [2.45, 2.75) is 64.4 Å². The summed E-state index contributed by atoms with van der Waals surface area (Å²) >= 11 is 0. The molecule has 2 N–H and O–H groups in total. The highest BCUT2D eigenvalue weighted by Gasteiger charge is 2.58. The van der Waals surface area contributed by atoms with Crippen molar-refractivity contribution >= 4 is 5.82 Å². The zero-order valence-corrected chi connectivity index (χ0v) is 20.6. The molecule has 7 nitrogen and oxygen atoms in total. The molecule has 1 unspecified atom stereocenters. The van der Waals surface area contributed by atoms with Crippen LogP contribution in [0.2, 0.25) is 0 Å². The molecule has 0 spiro atoms. The lowest BCUT2D eigenvalue weighted by atomic mass is 10.0. The summed E-state index contributed by atoms with van der Waals surface area (Å²) in [4.78, 5) is 9.12. The topological polar surface area (TPSA) is 72.4 Å². The van der Waals surface area contributed by atoms with E-state index in [4.69, 9.17) is 10.8 Å². The molecule has 2 aromatic rings. The number of aromatic nitrogens is 3. The van der Waals surface area contributed by atoms with Crippen molar-refractivity contribution in [2.75, 3.05) is 38.5 Å². The van der Waals surface area contributed by atoms with Gasteiger partial charge in [0.2, 0.25) is 0 Å². The zero-order chi connectivity index (χ0) is 24.9. The number of rotatable bonds is 7. The van der Waals surface area contributed by atoms with Gasteiger partial charge in [-0.1, -0.05) is 13.8 Å². The quantitative estimate of drug-likeness (QED) is 0.613. The maximum atomic E-state index is 12.8. The molecule has 5 rings (SSSR count). The van der Waals surface area contributed by atoms with E-state index in [0.29, 0.717) is 35.1 Å². The summed E-state index contributed by atoms with van der Waals surface area (Å²) in [6, 6.07) is 4.19. The first-order valence-electron chi connectivity index (χ1n) is 12.8. The van der Waals surface area contributed by atoms with Gasteiger partial charge in [0.1, 0.15) is 0 Å². The minimum absolute atomic E-state index is 0.200. The second kappa shape index (κ2) is 9.28. The van der Waals surface area contributed by atoms with Crippen LogP contribution in [0.25, 0.3) is 11.3 Å². The van der Waals surface area contributed by atoms with Crippen LogP contribution in [0, 0.1) is 11.8 Å². The summed E-state index contributed by atoms with van der Waals surface area (Å²) in [6.45, 7) is 12.2. The highest BCUT2D eigenvalue weighted by Crippen LogP contribution is 2.64. The standard InChI is InChI=1S/C25H35F3N6O/c1-4-15(3)34-21(13-20(31-34)16-10-22(24(29)30-14-16)35-25(26,27)28)23-18-11-17(12-19(18)23)33-8-6-32(5-2)7-9-33/h10,13-15,17-19,23H,4-9,11-12H2,1-3H3,(H2,29,30)/t15?,17-,18+,19-,23-. The van der Waals surface area contributed by atoms with Crippen molar-refractivity contribution in [3.05, 3.63) is 24.0 Å². The third kappa shape index (κ3) is 4.87. The van der Waals surface area contributed by atoms with Gasteiger partial charge in [0.15, 0.2) is 11.6 Å². The summed E-state index contributed by atoms with van der Waals surface area (Å²) in [5, 5.41) is 4.82. The SMILES string of the molecule is CCC(C)n1nc(-c2cnc(N)c(OC(F)(F)F)c2)cc1[C@H]1[C@@H]2C[C@H](N3CCN(CC)CC3)C[C@@H]21. The van der Waals surface area contributed by atoms with E-state index in [2.05, 4.69) is 45.0 Å². The number of alkyl halides is 3. The minimum atomic E-state index is -4.83. The molecule has 2 aliphatic carbocycles. The van der Waals surface area contributed by atoms with Gasteiger partial charge in [0, 0.05) is 61.6 Å². The monoisotopic (exact) mass is 492 g/mol. The molecule has 1 saturated heterocycles. The van der Waals surface area contributed by atoms with Crippen LogP contribution < -0.4 is 10.5 Å². The Morgan fingerprint density at radius 3 is 2.40 bits per heavy atom. The van der Waals surface area contributed by atoms with E-state index >= 15 is 0 Å². The van der Waals surface area contributed by atoms with Gasteiger partial charge >= 0.3 is 6.36 Å². The second-order valence-corrected chi connectivity index (χ2v) is 10.3. The first kappa shape index (κ1) is 24.4. The first-order valence-corrected chi connectivity index (χ1v) is 12.8. The number of pyridine rings is 1. The molecule has 3 heterocycles. The predicted molar refractivity (Wildman–Crippen MR) is 128 cm³/mol. The summed E-state index contributed by atoms with van der Waals surface area (Å²) in [5.74, 6) is 0.987. The Hall–Kier alpha value is -2.33. The van der Waals surface area contributed by atoms with Crippen LogP contribution in [0.15, 0.2) is 18.3 Å². The number of nitrogen functional groups attached to an aromatic ring is 1. The molecule has 0 aromatic carbocycles. The van der Waals surface area contributed by atoms with E-state index in [1.807, 2.05) is 6.07 Å². The lowest BCUT2D eigenvalue weighted by Crippen LogP contribution is -2.49. The largest absolute Gasteiger partial charge is 0.573 e. The highest BCUT2D eigenvalue weighted by molar-refractivity contribution is 5.64. The normalized spacial score (nSPS) is 28.2. The van der Waals surface area contributed by atoms with Crippen LogP contribution in [0.1, 0.15) is 57.7 Å². The average molecular weight is 493 g/mol. The number of ether oxygens (including phenoxy) is 1. The Kier molecular flexibility index (Phi) is 6.46. The molecule has 1 aliphatic heterocycles. The Morgan fingerprint density at radius 2 is 1.80 bits per heavy atom. The van der Waals surface area contributed by atoms with Crippen molar-refractivity contribution in [3.8, 4) is 17.0 Å². The van der Waals surface area contributed by atoms with Crippen molar-refractivity contribution in [3.63, 3.8) is 0 Å². The number of hydrogen-bond acceptors (Lipinski definition) is 6. The van der Waals surface area contributed by atoms with Crippen molar-refractivity contribution in [1.82, 2.24) is 24.6 Å². The molecule has 35 heavy (non-hydrogen) atoms. The molecular formula is C25H35F3N6O. The molecule has 3 aliphatic rings. The number of hydrogen-bond donors (Lipinski definition) is 1. The number of fused-ring (bicyclic) bond motifs is 1. The van der Waals surface area contributed by atoms with E-state index in [0.717, 1.165) is 39.1 Å². The predicted octanol–water partition coefficient (Wildman–Crippen LogP) is 4.53. The molecular weight excluding hydrogens is 457 g/mol. The first-order chi connectivity index (χ1) is 16.7. The lowest BCUT2D eigenvalue weighted by Gasteiger charge is -2.38. The fourth-order valence-electron chi connectivity index (χ4n) is 6.12. The summed E-state index contributed by atoms with van der Waals surface area (Å²) in [7, 11) is 0. The molecule has 2 saturated carbocycles. The Balaban J connectivity index is 1.34. The second-order valence-electron chi connectivity index (χ2n) is 10.3. The van der Waals surface area contributed by atoms with E-state index in [-0.39, 0.29) is 11.9 Å². The maximum Gasteiger partial charge on any atom is 0.573 e. The number of nitrogens with two attached hydrogens (primary N) is 1. The van der Waals surface area contributed by atoms with Crippen molar-refractivity contribution in [2.24, 2.45) is 11.8 Å². The smallest absolute Gasteiger partial charge is 0.402 e. The molecule has 2 aromatic heterocycles. The fraction of sp³-hybridized carbons (Fsp3) is 0.680. The molecule has 0 radical (unpaired) electrons. The average Bonchev–Trinajstić information content (AvgIpc) is 3.17. The van der Waals surface area contributed by atoms with Gasteiger partial charge in [-0.2, -0.15) is 5.10 Å². The summed E-state index contributed by atoms with van der Waals surface area (Å²) < 4.78 is 44.5. The number of anilines is 1. The minimum Gasteiger partial charge on any atom is -0.402 e. The van der Waals surface area contributed by atoms with Crippen LogP contribution in [-0.4, -0.2) is 69.7 Å². The van der Waals surface area contributed by atoms with E-state index in [9.17, 15) is 13.2 Å².